The van der Waals surface area contributed by atoms with Crippen LogP contribution in [-0.2, 0) is 9.63 Å². The van der Waals surface area contributed by atoms with Gasteiger partial charge in [-0.15, -0.1) is 11.3 Å². The lowest BCUT2D eigenvalue weighted by atomic mass is 10.3. The monoisotopic (exact) mass is 311 g/mol. The van der Waals surface area contributed by atoms with E-state index in [4.69, 9.17) is 5.73 Å². The number of rotatable bonds is 3. The summed E-state index contributed by atoms with van der Waals surface area (Å²) >= 11 is 2.87. The van der Waals surface area contributed by atoms with E-state index in [0.717, 1.165) is 0 Å². The molecule has 1 aromatic heterocycles. The molecule has 0 aromatic carbocycles. The Hall–Kier alpha value is -0.700. The van der Waals surface area contributed by atoms with Crippen molar-refractivity contribution in [3.05, 3.63) is 11.1 Å². The van der Waals surface area contributed by atoms with Crippen molar-refractivity contribution >= 4 is 48.6 Å². The summed E-state index contributed by atoms with van der Waals surface area (Å²) in [6.07, 6.45) is 0. The molecule has 0 radical (unpaired) electrons. The number of nitrogen functional groups attached to an aromatic ring is 1. The topological polar surface area (TPSA) is 77.6 Å². The number of halogens is 1. The first-order valence-electron chi connectivity index (χ1n) is 3.17. The molecular weight excluding hydrogens is 305 g/mol. The maximum Gasteiger partial charge on any atom is 0.246 e. The second kappa shape index (κ2) is 4.51. The van der Waals surface area contributed by atoms with Crippen LogP contribution in [0.4, 0.5) is 5.13 Å². The third kappa shape index (κ3) is 2.62. The van der Waals surface area contributed by atoms with Gasteiger partial charge in [-0.25, -0.2) is 4.98 Å². The molecule has 0 amide bonds. The lowest BCUT2D eigenvalue weighted by molar-refractivity contribution is -0.104. The molecule has 0 spiro atoms. The predicted molar refractivity (Wildman–Crippen MR) is 59.1 cm³/mol. The van der Waals surface area contributed by atoms with Gasteiger partial charge in [-0.2, -0.15) is 0 Å². The van der Waals surface area contributed by atoms with E-state index < -0.39 is 0 Å². The van der Waals surface area contributed by atoms with Gasteiger partial charge >= 0.3 is 0 Å². The van der Waals surface area contributed by atoms with Crippen LogP contribution >= 0.6 is 33.9 Å². The minimum atomic E-state index is -0.232. The Bertz CT molecular complexity index is 349. The van der Waals surface area contributed by atoms with Crippen LogP contribution in [0.25, 0.3) is 0 Å². The van der Waals surface area contributed by atoms with Gasteiger partial charge in [0.05, 0.1) is 0 Å². The average molecular weight is 311 g/mol. The summed E-state index contributed by atoms with van der Waals surface area (Å²) in [5, 5.41) is 5.61. The van der Waals surface area contributed by atoms with E-state index in [9.17, 15) is 4.79 Å². The molecule has 0 aliphatic rings. The minimum Gasteiger partial charge on any atom is -0.398 e. The summed E-state index contributed by atoms with van der Waals surface area (Å²) in [6, 6.07) is 0. The molecule has 5 nitrogen and oxygen atoms in total. The van der Waals surface area contributed by atoms with Crippen molar-refractivity contribution in [2.24, 2.45) is 5.16 Å². The molecule has 13 heavy (non-hydrogen) atoms. The van der Waals surface area contributed by atoms with Crippen LogP contribution in [0.15, 0.2) is 10.5 Å². The van der Waals surface area contributed by atoms with Gasteiger partial charge in [0.15, 0.2) is 10.8 Å². The Balaban J connectivity index is 3.02. The number of carbonyl (C=O) groups is 1. The van der Waals surface area contributed by atoms with Crippen molar-refractivity contribution in [2.45, 2.75) is 0 Å². The summed E-state index contributed by atoms with van der Waals surface area (Å²) in [7, 11) is 1.37. The molecular formula is C6H6IN3O2S. The molecule has 0 saturated heterocycles. The molecule has 1 rings (SSSR count). The number of nitrogens with two attached hydrogens (primary N) is 1. The molecule has 0 atom stereocenters. The minimum absolute atomic E-state index is 0.177. The summed E-state index contributed by atoms with van der Waals surface area (Å²) in [6.45, 7) is 0. The highest BCUT2D eigenvalue weighted by molar-refractivity contribution is 14.1. The fourth-order valence-corrected chi connectivity index (χ4v) is 1.59. The lowest BCUT2D eigenvalue weighted by Crippen LogP contribution is -2.09. The molecule has 0 unspecified atom stereocenters. The number of carbonyl (C=O) groups excluding carboxylic acids is 1. The molecule has 0 saturated carbocycles. The molecule has 1 aromatic rings. The zero-order valence-corrected chi connectivity index (χ0v) is 9.63. The Morgan fingerprint density at radius 1 is 1.85 bits per heavy atom. The quantitative estimate of drug-likeness (QED) is 0.391. The van der Waals surface area contributed by atoms with E-state index in [2.05, 4.69) is 15.0 Å². The number of thiazole rings is 1. The van der Waals surface area contributed by atoms with Crippen molar-refractivity contribution in [1.82, 2.24) is 4.98 Å². The number of hydrogen-bond acceptors (Lipinski definition) is 6. The highest BCUT2D eigenvalue weighted by Gasteiger charge is 2.14. The molecule has 0 fully saturated rings. The number of hydrogen-bond donors (Lipinski definition) is 1. The highest BCUT2D eigenvalue weighted by Crippen LogP contribution is 2.13. The van der Waals surface area contributed by atoms with Crippen LogP contribution in [0.2, 0.25) is 0 Å². The zero-order valence-electron chi connectivity index (χ0n) is 6.65. The second-order valence-electron chi connectivity index (χ2n) is 1.97. The van der Waals surface area contributed by atoms with Gasteiger partial charge in [0.25, 0.3) is 0 Å². The van der Waals surface area contributed by atoms with Crippen LogP contribution in [0.5, 0.6) is 0 Å². The first-order valence-corrected chi connectivity index (χ1v) is 5.13. The number of nitrogens with zero attached hydrogens (tertiary/aromatic N) is 2. The lowest BCUT2D eigenvalue weighted by Gasteiger charge is -1.94. The number of oxime groups is 1. The summed E-state index contributed by atoms with van der Waals surface area (Å²) in [5.74, 6) is 0. The van der Waals surface area contributed by atoms with Gasteiger partial charge in [0, 0.05) is 28.0 Å². The van der Waals surface area contributed by atoms with E-state index in [1.807, 2.05) is 0 Å². The van der Waals surface area contributed by atoms with E-state index in [1.54, 1.807) is 28.0 Å². The van der Waals surface area contributed by atoms with Crippen molar-refractivity contribution in [2.75, 3.05) is 12.8 Å². The van der Waals surface area contributed by atoms with E-state index in [-0.39, 0.29) is 9.50 Å². The van der Waals surface area contributed by atoms with Gasteiger partial charge in [0.1, 0.15) is 12.8 Å². The SMILES string of the molecule is CO/N=C(\C(=O)I)c1csc(N)n1. The number of aromatic nitrogens is 1. The van der Waals surface area contributed by atoms with E-state index in [1.165, 1.54) is 18.4 Å². The first-order chi connectivity index (χ1) is 6.15. The standard InChI is InChI=1S/C6H6IN3O2S/c1-12-10-4(5(7)11)3-2-13-6(8)9-3/h2H,1H3,(H2,8,9)/b10-4-. The fraction of sp³-hybridized carbons (Fsp3) is 0.167. The Labute approximate surface area is 92.1 Å². The largest absolute Gasteiger partial charge is 0.398 e. The van der Waals surface area contributed by atoms with Crippen molar-refractivity contribution in [3.8, 4) is 0 Å². The summed E-state index contributed by atoms with van der Waals surface area (Å²) in [4.78, 5) is 19.5. The molecule has 0 aliphatic heterocycles. The second-order valence-corrected chi connectivity index (χ2v) is 3.84. The van der Waals surface area contributed by atoms with E-state index >= 15 is 0 Å². The maximum atomic E-state index is 11.0. The van der Waals surface area contributed by atoms with Gasteiger partial charge in [-0.05, 0) is 0 Å². The Morgan fingerprint density at radius 2 is 2.54 bits per heavy atom. The van der Waals surface area contributed by atoms with Crippen molar-refractivity contribution < 1.29 is 9.63 Å². The highest BCUT2D eigenvalue weighted by atomic mass is 127. The van der Waals surface area contributed by atoms with Crippen molar-refractivity contribution in [1.29, 1.82) is 0 Å². The molecule has 0 bridgehead atoms. The van der Waals surface area contributed by atoms with Gasteiger partial charge in [-0.1, -0.05) is 5.16 Å². The molecule has 0 aliphatic carbocycles. The van der Waals surface area contributed by atoms with Gasteiger partial charge in [0.2, 0.25) is 3.79 Å². The smallest absolute Gasteiger partial charge is 0.246 e. The molecule has 2 N–H and O–H groups in total. The Kier molecular flexibility index (Phi) is 3.60. The van der Waals surface area contributed by atoms with Crippen molar-refractivity contribution in [3.63, 3.8) is 0 Å². The zero-order chi connectivity index (χ0) is 9.84. The predicted octanol–water partition coefficient (Wildman–Crippen LogP) is 1.04. The van der Waals surface area contributed by atoms with Crippen LogP contribution in [0.1, 0.15) is 5.69 Å². The summed E-state index contributed by atoms with van der Waals surface area (Å²) < 4.78 is -0.232. The van der Waals surface area contributed by atoms with Crippen LogP contribution in [0.3, 0.4) is 0 Å². The normalized spacial score (nSPS) is 11.4. The van der Waals surface area contributed by atoms with Crippen LogP contribution in [-0.4, -0.2) is 21.6 Å². The fourth-order valence-electron chi connectivity index (χ4n) is 0.671. The first kappa shape index (κ1) is 10.4. The third-order valence-electron chi connectivity index (χ3n) is 1.13. The average Bonchev–Trinajstić information content (AvgIpc) is 2.46. The van der Waals surface area contributed by atoms with Gasteiger partial charge in [-0.3, -0.25) is 4.79 Å². The maximum absolute atomic E-state index is 11.0. The number of anilines is 1. The summed E-state index contributed by atoms with van der Waals surface area (Å²) in [5.41, 5.74) is 6.04. The van der Waals surface area contributed by atoms with E-state index in [0.29, 0.717) is 10.8 Å². The third-order valence-corrected chi connectivity index (χ3v) is 2.32. The Morgan fingerprint density at radius 3 is 2.92 bits per heavy atom. The molecule has 7 heteroatoms. The van der Waals surface area contributed by atoms with Gasteiger partial charge < -0.3 is 10.6 Å². The van der Waals surface area contributed by atoms with Crippen LogP contribution < -0.4 is 5.73 Å². The molecule has 1 heterocycles. The molecule has 70 valence electrons. The van der Waals surface area contributed by atoms with Crippen LogP contribution in [0, 0.1) is 0 Å².